The highest BCUT2D eigenvalue weighted by molar-refractivity contribution is 9.10. The van der Waals surface area contributed by atoms with E-state index < -0.39 is 11.9 Å². The van der Waals surface area contributed by atoms with Gasteiger partial charge in [-0.1, -0.05) is 46.3 Å². The number of H-pyrrole nitrogens is 1. The number of aromatic amines is 1. The first-order chi connectivity index (χ1) is 21.9. The predicted octanol–water partition coefficient (Wildman–Crippen LogP) is 7.78. The van der Waals surface area contributed by atoms with Gasteiger partial charge in [0.2, 0.25) is 0 Å². The van der Waals surface area contributed by atoms with Crippen LogP contribution in [0, 0.1) is 0 Å². The normalized spacial score (nSPS) is 11.0. The maximum absolute atomic E-state index is 13.5. The monoisotopic (exact) mass is 669 g/mol. The van der Waals surface area contributed by atoms with Crippen LogP contribution in [0.4, 0.5) is 0 Å². The Kier molecular flexibility index (Phi) is 10.2. The molecule has 0 atom stereocenters. The predicted molar refractivity (Wildman–Crippen MR) is 178 cm³/mol. The van der Waals surface area contributed by atoms with Crippen molar-refractivity contribution in [3.63, 3.8) is 0 Å². The zero-order valence-corrected chi connectivity index (χ0v) is 26.6. The quantitative estimate of drug-likeness (QED) is 0.0607. The zero-order valence-electron chi connectivity index (χ0n) is 25.1. The van der Waals surface area contributed by atoms with Crippen molar-refractivity contribution in [1.82, 2.24) is 10.4 Å². The van der Waals surface area contributed by atoms with Crippen LogP contribution in [0.2, 0.25) is 0 Å². The van der Waals surface area contributed by atoms with Gasteiger partial charge in [-0.15, -0.1) is 0 Å². The van der Waals surface area contributed by atoms with Crippen LogP contribution < -0.4 is 24.4 Å². The van der Waals surface area contributed by atoms with Crippen LogP contribution in [0.5, 0.6) is 23.0 Å². The van der Waals surface area contributed by atoms with Crippen molar-refractivity contribution in [3.8, 4) is 34.1 Å². The van der Waals surface area contributed by atoms with E-state index in [1.54, 1.807) is 36.4 Å². The van der Waals surface area contributed by atoms with Crippen LogP contribution in [0.1, 0.15) is 47.2 Å². The van der Waals surface area contributed by atoms with Gasteiger partial charge < -0.3 is 23.9 Å². The maximum Gasteiger partial charge on any atom is 0.343 e. The Hall–Kier alpha value is -5.09. The summed E-state index contributed by atoms with van der Waals surface area (Å²) in [6, 6.07) is 25.3. The van der Waals surface area contributed by atoms with Gasteiger partial charge in [-0.05, 0) is 80.9 Å². The molecule has 4 aromatic carbocycles. The third-order valence-electron chi connectivity index (χ3n) is 6.69. The van der Waals surface area contributed by atoms with Gasteiger partial charge in [-0.3, -0.25) is 4.79 Å². The fourth-order valence-corrected chi connectivity index (χ4v) is 5.15. The molecule has 2 N–H and O–H groups in total. The molecule has 0 fully saturated rings. The lowest BCUT2D eigenvalue weighted by molar-refractivity contribution is 0.0733. The van der Waals surface area contributed by atoms with Crippen LogP contribution in [-0.2, 0) is 0 Å². The molecule has 9 nitrogen and oxygen atoms in total. The second-order valence-corrected chi connectivity index (χ2v) is 10.6. The molecule has 10 heteroatoms. The van der Waals surface area contributed by atoms with Crippen molar-refractivity contribution in [2.45, 2.75) is 20.8 Å². The highest BCUT2D eigenvalue weighted by Crippen LogP contribution is 2.35. The van der Waals surface area contributed by atoms with E-state index in [2.05, 4.69) is 31.4 Å². The van der Waals surface area contributed by atoms with Crippen molar-refractivity contribution in [3.05, 3.63) is 106 Å². The van der Waals surface area contributed by atoms with E-state index in [-0.39, 0.29) is 5.75 Å². The number of carbonyl (C=O) groups is 2. The molecule has 0 saturated carbocycles. The Morgan fingerprint density at radius 3 is 2.31 bits per heavy atom. The molecular weight excluding hydrogens is 638 g/mol. The van der Waals surface area contributed by atoms with Gasteiger partial charge in [0.05, 0.1) is 31.6 Å². The second kappa shape index (κ2) is 14.6. The van der Waals surface area contributed by atoms with Gasteiger partial charge in [-0.25, -0.2) is 10.2 Å². The number of carbonyl (C=O) groups excluding carboxylic acids is 2. The Balaban J connectivity index is 1.39. The van der Waals surface area contributed by atoms with Gasteiger partial charge in [0.25, 0.3) is 5.91 Å². The molecule has 1 aromatic heterocycles. The largest absolute Gasteiger partial charge is 0.494 e. The van der Waals surface area contributed by atoms with Gasteiger partial charge in [0.15, 0.2) is 11.5 Å². The third-order valence-corrected chi connectivity index (χ3v) is 7.19. The topological polar surface area (TPSA) is 111 Å². The molecule has 230 valence electrons. The lowest BCUT2D eigenvalue weighted by Crippen LogP contribution is -2.19. The van der Waals surface area contributed by atoms with Gasteiger partial charge >= 0.3 is 5.97 Å². The van der Waals surface area contributed by atoms with Crippen molar-refractivity contribution in [2.75, 3.05) is 19.8 Å². The van der Waals surface area contributed by atoms with Crippen molar-refractivity contribution in [2.24, 2.45) is 5.10 Å². The number of ether oxygens (including phenoxy) is 4. The smallest absolute Gasteiger partial charge is 0.343 e. The molecule has 1 amide bonds. The lowest BCUT2D eigenvalue weighted by Gasteiger charge is -2.13. The fraction of sp³-hybridized carbons (Fsp3) is 0.171. The molecule has 0 radical (unpaired) electrons. The number of amides is 1. The van der Waals surface area contributed by atoms with Gasteiger partial charge in [-0.2, -0.15) is 5.10 Å². The van der Waals surface area contributed by atoms with E-state index in [1.807, 2.05) is 69.3 Å². The number of nitrogens with one attached hydrogen (secondary N) is 2. The molecule has 0 spiro atoms. The van der Waals surface area contributed by atoms with Crippen molar-refractivity contribution < 1.29 is 28.5 Å². The van der Waals surface area contributed by atoms with Crippen LogP contribution >= 0.6 is 15.9 Å². The Labute approximate surface area is 269 Å². The number of rotatable bonds is 12. The summed E-state index contributed by atoms with van der Waals surface area (Å²) in [5.74, 6) is 0.940. The minimum Gasteiger partial charge on any atom is -0.494 e. The number of nitrogens with zero attached hydrogens (tertiary/aromatic N) is 1. The number of benzene rings is 4. The van der Waals surface area contributed by atoms with E-state index in [4.69, 9.17) is 18.9 Å². The molecular formula is C35H32BrN3O6. The average Bonchev–Trinajstić information content (AvgIpc) is 3.43. The highest BCUT2D eigenvalue weighted by atomic mass is 79.9. The molecule has 5 aromatic rings. The lowest BCUT2D eigenvalue weighted by atomic mass is 10.0. The Morgan fingerprint density at radius 1 is 0.822 bits per heavy atom. The summed E-state index contributed by atoms with van der Waals surface area (Å²) in [6.07, 6.45) is 1.42. The summed E-state index contributed by atoms with van der Waals surface area (Å²) in [5.41, 5.74) is 6.11. The third kappa shape index (κ3) is 7.35. The summed E-state index contributed by atoms with van der Waals surface area (Å²) in [7, 11) is 0. The van der Waals surface area contributed by atoms with Crippen LogP contribution in [0.3, 0.4) is 0 Å². The molecule has 0 saturated heterocycles. The summed E-state index contributed by atoms with van der Waals surface area (Å²) in [6.45, 7) is 7.05. The molecule has 1 heterocycles. The number of esters is 1. The van der Waals surface area contributed by atoms with E-state index in [0.29, 0.717) is 53.9 Å². The fourth-order valence-electron chi connectivity index (χ4n) is 4.77. The number of hydrogen-bond acceptors (Lipinski definition) is 7. The number of hydrogen-bond donors (Lipinski definition) is 2. The molecule has 0 unspecified atom stereocenters. The zero-order chi connectivity index (χ0) is 31.8. The van der Waals surface area contributed by atoms with Crippen molar-refractivity contribution in [1.29, 1.82) is 0 Å². The average molecular weight is 671 g/mol. The summed E-state index contributed by atoms with van der Waals surface area (Å²) in [4.78, 5) is 29.8. The molecule has 0 aliphatic heterocycles. The Morgan fingerprint density at radius 2 is 1.56 bits per heavy atom. The van der Waals surface area contributed by atoms with E-state index in [9.17, 15) is 9.59 Å². The van der Waals surface area contributed by atoms with Crippen LogP contribution in [0.25, 0.3) is 22.0 Å². The van der Waals surface area contributed by atoms with Crippen LogP contribution in [0.15, 0.2) is 94.5 Å². The first-order valence-electron chi connectivity index (χ1n) is 14.5. The van der Waals surface area contributed by atoms with Gasteiger partial charge in [0.1, 0.15) is 17.2 Å². The first-order valence-corrected chi connectivity index (χ1v) is 15.3. The number of fused-ring (bicyclic) bond motifs is 1. The minimum absolute atomic E-state index is 0.257. The van der Waals surface area contributed by atoms with E-state index in [1.165, 1.54) is 6.21 Å². The SMILES string of the molecule is CCOc1ccc2[nH]c(C(=O)NN=Cc3cc(Br)ccc3OC(=O)c3ccc(OCC)c(OCC)c3)c(-c3ccccc3)c2c1. The maximum atomic E-state index is 13.5. The summed E-state index contributed by atoms with van der Waals surface area (Å²) < 4.78 is 23.4. The van der Waals surface area contributed by atoms with E-state index >= 15 is 0 Å². The number of halogens is 1. The Bertz CT molecular complexity index is 1850. The second-order valence-electron chi connectivity index (χ2n) is 9.68. The molecule has 45 heavy (non-hydrogen) atoms. The van der Waals surface area contributed by atoms with Gasteiger partial charge in [0, 0.05) is 26.5 Å². The number of hydrazone groups is 1. The summed E-state index contributed by atoms with van der Waals surface area (Å²) in [5, 5.41) is 5.06. The van der Waals surface area contributed by atoms with E-state index in [0.717, 1.165) is 26.5 Å². The molecule has 0 aliphatic carbocycles. The molecule has 5 rings (SSSR count). The molecule has 0 bridgehead atoms. The highest BCUT2D eigenvalue weighted by Gasteiger charge is 2.20. The first kappa shape index (κ1) is 31.3. The van der Waals surface area contributed by atoms with Crippen molar-refractivity contribution >= 4 is 44.9 Å². The van der Waals surface area contributed by atoms with Crippen LogP contribution in [-0.4, -0.2) is 42.9 Å². The minimum atomic E-state index is -0.586. The molecule has 0 aliphatic rings. The number of aromatic nitrogens is 1. The summed E-state index contributed by atoms with van der Waals surface area (Å²) >= 11 is 3.45. The standard InChI is InChI=1S/C35H32BrN3O6/c1-4-42-26-14-15-28-27(20-26)32(22-10-8-7-9-11-22)33(38-28)34(40)39-37-21-24-18-25(36)13-17-29(24)45-35(41)23-12-16-30(43-5-2)31(19-23)44-6-3/h7-21,38H,4-6H2,1-3H3,(H,39,40).